The predicted molar refractivity (Wildman–Crippen MR) is 256 cm³/mol. The Hall–Kier alpha value is -6.31. The smallest absolute Gasteiger partial charge is 0.329 e. The van der Waals surface area contributed by atoms with E-state index in [9.17, 15) is 19.2 Å². The molecule has 0 radical (unpaired) electrons. The van der Waals surface area contributed by atoms with Crippen molar-refractivity contribution in [1.82, 2.24) is 33.6 Å². The lowest BCUT2D eigenvalue weighted by molar-refractivity contribution is -0.122. The molecule has 3 aromatic heterocycles. The first-order chi connectivity index (χ1) is 31.5. The van der Waals surface area contributed by atoms with Gasteiger partial charge in [-0.1, -0.05) is 85.3 Å². The number of Topliss-reactive ketones (excluding diaryl/α,β-unsaturated/α-hetero) is 1. The molecule has 65 heavy (non-hydrogen) atoms. The maximum atomic E-state index is 13.6. The van der Waals surface area contributed by atoms with Crippen LogP contribution < -0.4 is 16.7 Å². The van der Waals surface area contributed by atoms with Crippen LogP contribution in [0, 0.1) is 13.8 Å². The zero-order chi connectivity index (χ0) is 45.8. The number of amides is 1. The fourth-order valence-corrected chi connectivity index (χ4v) is 9.76. The second-order valence-electron chi connectivity index (χ2n) is 17.7. The zero-order valence-electron chi connectivity index (χ0n) is 38.5. The fraction of sp³-hybridized carbons (Fsp3) is 0.404. The van der Waals surface area contributed by atoms with Crippen LogP contribution in [0.15, 0.2) is 94.5 Å². The number of aromatic nitrogens is 6. The Labute approximate surface area is 379 Å². The summed E-state index contributed by atoms with van der Waals surface area (Å²) in [7, 11) is 6.86. The molecule has 0 aliphatic heterocycles. The third kappa shape index (κ3) is 9.44. The van der Waals surface area contributed by atoms with E-state index in [4.69, 9.17) is 14.5 Å². The standard InChI is InChI=1S/C26H30N4O2.C26H31N3O4/c1-17-7-6-8-18(15-17)24-25(28-23(27-24)13-14-32-3)19-11-12-21-22(16-19)29(2)26(31)30(21)20-9-4-5-10-20;1-17-7-6-8-18(15-17)24(27-23(30)13-14-33-3)25(31)19-11-12-21-22(16-19)28(2)26(32)29(21)20-9-4-5-10-20/h6-8,11-12,15-16,20H,4-5,9-10,13-14H2,1-3H3,(H,27,28);6-8,11-12,15-16,20,24H,4-5,9-10,13-14H2,1-3H3,(H,27,30). The molecule has 0 spiro atoms. The molecule has 1 unspecified atom stereocenters. The van der Waals surface area contributed by atoms with Gasteiger partial charge < -0.3 is 19.8 Å². The molecule has 3 heterocycles. The summed E-state index contributed by atoms with van der Waals surface area (Å²) in [5.41, 5.74) is 11.0. The fourth-order valence-electron chi connectivity index (χ4n) is 9.76. The van der Waals surface area contributed by atoms with E-state index in [1.54, 1.807) is 35.4 Å². The van der Waals surface area contributed by atoms with Crippen LogP contribution in [-0.4, -0.2) is 67.4 Å². The molecule has 2 aliphatic carbocycles. The van der Waals surface area contributed by atoms with E-state index in [0.717, 1.165) is 100 Å². The number of carbonyl (C=O) groups excluding carboxylic acids is 2. The Kier molecular flexibility index (Phi) is 13.8. The minimum atomic E-state index is -0.819. The minimum absolute atomic E-state index is 0.0513. The van der Waals surface area contributed by atoms with E-state index >= 15 is 0 Å². The number of aryl methyl sites for hydroxylation is 4. The van der Waals surface area contributed by atoms with Crippen LogP contribution in [0.3, 0.4) is 0 Å². The molecule has 340 valence electrons. The number of aromatic amines is 1. The number of fused-ring (bicyclic) bond motifs is 2. The van der Waals surface area contributed by atoms with Gasteiger partial charge in [0.05, 0.1) is 46.7 Å². The average molecular weight is 880 g/mol. The van der Waals surface area contributed by atoms with Crippen LogP contribution in [0.1, 0.15) is 109 Å². The SMILES string of the molecule is COCCC(=O)NC(C(=O)c1ccc2c(c1)n(C)c(=O)n2C1CCCC1)c1cccc(C)c1.COCCc1nc(-c2cccc(C)c2)c(-c2ccc3c(c2)n(C)c(=O)n3C2CCCC2)[nH]1. The maximum Gasteiger partial charge on any atom is 0.329 e. The van der Waals surface area contributed by atoms with E-state index < -0.39 is 6.04 Å². The molecule has 4 aromatic carbocycles. The van der Waals surface area contributed by atoms with Crippen molar-refractivity contribution in [1.29, 1.82) is 0 Å². The number of methoxy groups -OCH3 is 2. The molecule has 13 heteroatoms. The molecule has 2 N–H and O–H groups in total. The van der Waals surface area contributed by atoms with Gasteiger partial charge in [-0.2, -0.15) is 0 Å². The Morgan fingerprint density at radius 1 is 0.708 bits per heavy atom. The Morgan fingerprint density at radius 2 is 1.29 bits per heavy atom. The van der Waals surface area contributed by atoms with Crippen molar-refractivity contribution < 1.29 is 19.1 Å². The number of H-pyrrole nitrogens is 1. The first-order valence-corrected chi connectivity index (χ1v) is 22.9. The molecule has 0 saturated heterocycles. The summed E-state index contributed by atoms with van der Waals surface area (Å²) in [6, 6.07) is 27.4. The van der Waals surface area contributed by atoms with Gasteiger partial charge in [0.25, 0.3) is 0 Å². The van der Waals surface area contributed by atoms with Crippen molar-refractivity contribution in [3.63, 3.8) is 0 Å². The molecule has 0 bridgehead atoms. The highest BCUT2D eigenvalue weighted by Gasteiger charge is 2.28. The van der Waals surface area contributed by atoms with Gasteiger partial charge in [-0.3, -0.25) is 27.9 Å². The van der Waals surface area contributed by atoms with Crippen molar-refractivity contribution in [2.75, 3.05) is 27.4 Å². The molecule has 7 aromatic rings. The molecule has 2 aliphatic rings. The van der Waals surface area contributed by atoms with Crippen molar-refractivity contribution in [2.24, 2.45) is 14.1 Å². The molecule has 9 rings (SSSR count). The van der Waals surface area contributed by atoms with E-state index in [1.165, 1.54) is 25.5 Å². The lowest BCUT2D eigenvalue weighted by Crippen LogP contribution is -2.34. The Bertz CT molecular complexity index is 2960. The third-order valence-electron chi connectivity index (χ3n) is 13.2. The van der Waals surface area contributed by atoms with Gasteiger partial charge in [0.2, 0.25) is 5.91 Å². The lowest BCUT2D eigenvalue weighted by Gasteiger charge is -2.19. The van der Waals surface area contributed by atoms with Gasteiger partial charge in [0.15, 0.2) is 5.78 Å². The van der Waals surface area contributed by atoms with E-state index in [-0.39, 0.29) is 42.1 Å². The molecule has 13 nitrogen and oxygen atoms in total. The number of ether oxygens (including phenoxy) is 2. The second kappa shape index (κ2) is 19.8. The van der Waals surface area contributed by atoms with Gasteiger partial charge in [-0.15, -0.1) is 0 Å². The molecular weight excluding hydrogens is 819 g/mol. The highest BCUT2D eigenvalue weighted by Crippen LogP contribution is 2.36. The highest BCUT2D eigenvalue weighted by atomic mass is 16.5. The van der Waals surface area contributed by atoms with Crippen LogP contribution >= 0.6 is 0 Å². The first-order valence-electron chi connectivity index (χ1n) is 22.9. The normalized spacial score (nSPS) is 14.9. The average Bonchev–Trinajstić information content (AvgIpc) is 4.18. The maximum absolute atomic E-state index is 13.6. The summed E-state index contributed by atoms with van der Waals surface area (Å²) in [5.74, 6) is 0.433. The molecule has 2 fully saturated rings. The molecular formula is C52H61N7O6. The largest absolute Gasteiger partial charge is 0.384 e. The summed E-state index contributed by atoms with van der Waals surface area (Å²) in [6.07, 6.45) is 9.72. The van der Waals surface area contributed by atoms with Crippen LogP contribution in [0.4, 0.5) is 0 Å². The number of nitrogens with zero attached hydrogens (tertiary/aromatic N) is 5. The van der Waals surface area contributed by atoms with Crippen LogP contribution in [-0.2, 0) is 34.8 Å². The summed E-state index contributed by atoms with van der Waals surface area (Å²) in [6.45, 7) is 4.93. The zero-order valence-corrected chi connectivity index (χ0v) is 38.5. The minimum Gasteiger partial charge on any atom is -0.384 e. The highest BCUT2D eigenvalue weighted by molar-refractivity contribution is 6.04. The topological polar surface area (TPSA) is 147 Å². The summed E-state index contributed by atoms with van der Waals surface area (Å²) >= 11 is 0. The number of carbonyl (C=O) groups is 2. The first kappa shape index (κ1) is 45.3. The quantitative estimate of drug-likeness (QED) is 0.104. The number of hydrogen-bond acceptors (Lipinski definition) is 7. The van der Waals surface area contributed by atoms with Gasteiger partial charge in [0.1, 0.15) is 11.9 Å². The predicted octanol–water partition coefficient (Wildman–Crippen LogP) is 8.85. The number of rotatable bonds is 14. The lowest BCUT2D eigenvalue weighted by atomic mass is 9.95. The number of benzene rings is 4. The number of ketones is 1. The molecule has 1 atom stereocenters. The Morgan fingerprint density at radius 3 is 1.89 bits per heavy atom. The monoisotopic (exact) mass is 879 g/mol. The van der Waals surface area contributed by atoms with Gasteiger partial charge >= 0.3 is 11.4 Å². The van der Waals surface area contributed by atoms with Crippen molar-refractivity contribution in [3.05, 3.63) is 134 Å². The van der Waals surface area contributed by atoms with Crippen LogP contribution in [0.2, 0.25) is 0 Å². The van der Waals surface area contributed by atoms with E-state index in [1.807, 2.05) is 53.4 Å². The van der Waals surface area contributed by atoms with Crippen LogP contribution in [0.25, 0.3) is 44.6 Å². The summed E-state index contributed by atoms with van der Waals surface area (Å²) < 4.78 is 17.5. The number of imidazole rings is 3. The second-order valence-corrected chi connectivity index (χ2v) is 17.7. The van der Waals surface area contributed by atoms with Crippen LogP contribution in [0.5, 0.6) is 0 Å². The molecule has 2 saturated carbocycles. The summed E-state index contributed by atoms with van der Waals surface area (Å²) in [4.78, 5) is 60.6. The third-order valence-corrected chi connectivity index (χ3v) is 13.2. The number of hydrogen-bond donors (Lipinski definition) is 2. The van der Waals surface area contributed by atoms with Crippen molar-refractivity contribution in [2.45, 2.75) is 96.2 Å². The van der Waals surface area contributed by atoms with Gasteiger partial charge in [0, 0.05) is 69.9 Å². The van der Waals surface area contributed by atoms with E-state index in [0.29, 0.717) is 24.6 Å². The van der Waals surface area contributed by atoms with Crippen molar-refractivity contribution in [3.8, 4) is 22.5 Å². The van der Waals surface area contributed by atoms with Gasteiger partial charge in [-0.05, 0) is 81.5 Å². The summed E-state index contributed by atoms with van der Waals surface area (Å²) in [5, 5.41) is 2.88. The molecule has 1 amide bonds. The number of nitrogens with one attached hydrogen (secondary N) is 2. The van der Waals surface area contributed by atoms with Crippen molar-refractivity contribution >= 4 is 33.8 Å². The van der Waals surface area contributed by atoms with Gasteiger partial charge in [-0.25, -0.2) is 14.6 Å². The van der Waals surface area contributed by atoms with E-state index in [2.05, 4.69) is 59.7 Å². The Balaban J connectivity index is 0.000000177.